The highest BCUT2D eigenvalue weighted by molar-refractivity contribution is 6.33. The molecule has 0 aromatic heterocycles. The Kier molecular flexibility index (Phi) is 6.52. The minimum Gasteiger partial charge on any atom is -0.324 e. The maximum Gasteiger partial charge on any atom is 0.238 e. The topological polar surface area (TPSA) is 41.1 Å². The number of amides is 1. The van der Waals surface area contributed by atoms with E-state index in [4.69, 9.17) is 11.6 Å². The van der Waals surface area contributed by atoms with Crippen LogP contribution in [0.25, 0.3) is 0 Å². The Morgan fingerprint density at radius 2 is 1.86 bits per heavy atom. The lowest BCUT2D eigenvalue weighted by Crippen LogP contribution is -2.33. The molecule has 2 N–H and O–H groups in total. The molecule has 0 heterocycles. The van der Waals surface area contributed by atoms with Crippen LogP contribution in [0.15, 0.2) is 24.3 Å². The van der Waals surface area contributed by atoms with E-state index >= 15 is 0 Å². The van der Waals surface area contributed by atoms with E-state index in [9.17, 15) is 4.79 Å². The number of hydrogen-bond acceptors (Lipinski definition) is 2. The Morgan fingerprint density at radius 1 is 1.19 bits per heavy atom. The molecular formula is C17H25ClN2O. The average Bonchev–Trinajstić information content (AvgIpc) is 2.50. The van der Waals surface area contributed by atoms with Crippen LogP contribution in [0.3, 0.4) is 0 Å². The molecule has 1 fully saturated rings. The van der Waals surface area contributed by atoms with E-state index in [1.54, 1.807) is 6.07 Å². The number of halogens is 1. The van der Waals surface area contributed by atoms with Crippen molar-refractivity contribution >= 4 is 23.2 Å². The molecule has 0 bridgehead atoms. The predicted molar refractivity (Wildman–Crippen MR) is 88.7 cm³/mol. The van der Waals surface area contributed by atoms with Crippen LogP contribution >= 0.6 is 11.6 Å². The summed E-state index contributed by atoms with van der Waals surface area (Å²) >= 11 is 6.02. The van der Waals surface area contributed by atoms with Gasteiger partial charge in [0.2, 0.25) is 5.91 Å². The molecule has 0 saturated heterocycles. The van der Waals surface area contributed by atoms with Crippen LogP contribution in [-0.2, 0) is 4.79 Å². The number of nitrogens with one attached hydrogen (secondary N) is 2. The molecule has 21 heavy (non-hydrogen) atoms. The second-order valence-corrected chi connectivity index (χ2v) is 6.36. The van der Waals surface area contributed by atoms with Gasteiger partial charge in [-0.15, -0.1) is 0 Å². The third kappa shape index (κ3) is 5.33. The van der Waals surface area contributed by atoms with Crippen molar-refractivity contribution < 1.29 is 4.79 Å². The lowest BCUT2D eigenvalue weighted by molar-refractivity contribution is -0.115. The van der Waals surface area contributed by atoms with Crippen molar-refractivity contribution in [1.82, 2.24) is 5.32 Å². The lowest BCUT2D eigenvalue weighted by Gasteiger charge is -2.27. The molecule has 1 saturated carbocycles. The summed E-state index contributed by atoms with van der Waals surface area (Å²) in [7, 11) is 0. The zero-order chi connectivity index (χ0) is 15.1. The molecule has 1 aliphatic rings. The third-order valence-corrected chi connectivity index (χ3v) is 4.74. The van der Waals surface area contributed by atoms with Crippen molar-refractivity contribution in [2.24, 2.45) is 11.8 Å². The Morgan fingerprint density at radius 3 is 2.52 bits per heavy atom. The summed E-state index contributed by atoms with van der Waals surface area (Å²) in [6.07, 6.45) is 6.57. The fourth-order valence-electron chi connectivity index (χ4n) is 2.99. The van der Waals surface area contributed by atoms with E-state index in [1.165, 1.54) is 32.1 Å². The van der Waals surface area contributed by atoms with Gasteiger partial charge in [0, 0.05) is 0 Å². The highest BCUT2D eigenvalue weighted by atomic mass is 35.5. The molecule has 1 aromatic carbocycles. The van der Waals surface area contributed by atoms with Gasteiger partial charge < -0.3 is 10.6 Å². The first-order chi connectivity index (χ1) is 10.2. The van der Waals surface area contributed by atoms with Crippen molar-refractivity contribution in [3.8, 4) is 0 Å². The van der Waals surface area contributed by atoms with Gasteiger partial charge in [0.05, 0.1) is 17.3 Å². The first kappa shape index (κ1) is 16.3. The zero-order valence-electron chi connectivity index (χ0n) is 12.7. The quantitative estimate of drug-likeness (QED) is 0.831. The van der Waals surface area contributed by atoms with Crippen molar-refractivity contribution in [1.29, 1.82) is 0 Å². The van der Waals surface area contributed by atoms with Crippen LogP contribution in [0.4, 0.5) is 5.69 Å². The molecule has 0 atom stereocenters. The van der Waals surface area contributed by atoms with Gasteiger partial charge in [0.15, 0.2) is 0 Å². The number of anilines is 1. The maximum atomic E-state index is 11.9. The predicted octanol–water partition coefficient (Wildman–Crippen LogP) is 4.08. The minimum absolute atomic E-state index is 0.0367. The molecule has 0 radical (unpaired) electrons. The van der Waals surface area contributed by atoms with Crippen LogP contribution in [0.5, 0.6) is 0 Å². The van der Waals surface area contributed by atoms with Gasteiger partial charge in [0.1, 0.15) is 0 Å². The minimum atomic E-state index is -0.0367. The molecule has 1 amide bonds. The Labute approximate surface area is 132 Å². The normalized spacial score (nSPS) is 22.0. The summed E-state index contributed by atoms with van der Waals surface area (Å²) in [6, 6.07) is 7.30. The zero-order valence-corrected chi connectivity index (χ0v) is 13.5. The number of para-hydroxylation sites is 1. The largest absolute Gasteiger partial charge is 0.324 e. The monoisotopic (exact) mass is 308 g/mol. The third-order valence-electron chi connectivity index (χ3n) is 4.41. The van der Waals surface area contributed by atoms with E-state index in [1.807, 2.05) is 18.2 Å². The van der Waals surface area contributed by atoms with Crippen LogP contribution in [-0.4, -0.2) is 19.0 Å². The summed E-state index contributed by atoms with van der Waals surface area (Å²) < 4.78 is 0. The fourth-order valence-corrected chi connectivity index (χ4v) is 3.17. The first-order valence-corrected chi connectivity index (χ1v) is 8.32. The van der Waals surface area contributed by atoms with Crippen LogP contribution < -0.4 is 10.6 Å². The van der Waals surface area contributed by atoms with Crippen molar-refractivity contribution in [2.45, 2.75) is 39.0 Å². The van der Waals surface area contributed by atoms with E-state index in [0.717, 1.165) is 18.4 Å². The number of hydrogen-bond donors (Lipinski definition) is 2. The van der Waals surface area contributed by atoms with Gasteiger partial charge in [-0.3, -0.25) is 4.79 Å². The smallest absolute Gasteiger partial charge is 0.238 e. The number of rotatable bonds is 6. The number of benzene rings is 1. The van der Waals surface area contributed by atoms with Gasteiger partial charge >= 0.3 is 0 Å². The van der Waals surface area contributed by atoms with Gasteiger partial charge in [-0.2, -0.15) is 0 Å². The summed E-state index contributed by atoms with van der Waals surface area (Å²) in [5.41, 5.74) is 0.675. The molecule has 2 rings (SSSR count). The van der Waals surface area contributed by atoms with Gasteiger partial charge in [0.25, 0.3) is 0 Å². The van der Waals surface area contributed by atoms with Crippen LogP contribution in [0.1, 0.15) is 39.0 Å². The standard InChI is InChI=1S/C17H25ClN2O/c1-2-13-7-9-14(10-8-13)11-19-12-17(21)20-16-6-4-3-5-15(16)18/h3-6,13-14,19H,2,7-12H2,1H3,(H,20,21). The van der Waals surface area contributed by atoms with Crippen LogP contribution in [0.2, 0.25) is 5.02 Å². The maximum absolute atomic E-state index is 11.9. The van der Waals surface area contributed by atoms with Crippen molar-refractivity contribution in [3.05, 3.63) is 29.3 Å². The summed E-state index contributed by atoms with van der Waals surface area (Å²) in [6.45, 7) is 3.56. The van der Waals surface area contributed by atoms with E-state index in [2.05, 4.69) is 17.6 Å². The molecule has 4 heteroatoms. The Bertz CT molecular complexity index is 456. The molecule has 116 valence electrons. The first-order valence-electron chi connectivity index (χ1n) is 7.94. The van der Waals surface area contributed by atoms with E-state index in [-0.39, 0.29) is 5.91 Å². The molecular weight excluding hydrogens is 284 g/mol. The SMILES string of the molecule is CCC1CCC(CNCC(=O)Nc2ccccc2Cl)CC1. The molecule has 0 spiro atoms. The Hall–Kier alpha value is -1.06. The van der Waals surface area contributed by atoms with Crippen LogP contribution in [0, 0.1) is 11.8 Å². The van der Waals surface area contributed by atoms with Gasteiger partial charge in [-0.05, 0) is 43.4 Å². The molecule has 1 aliphatic carbocycles. The molecule has 1 aromatic rings. The second kappa shape index (κ2) is 8.40. The van der Waals surface area contributed by atoms with Gasteiger partial charge in [-0.25, -0.2) is 0 Å². The van der Waals surface area contributed by atoms with E-state index < -0.39 is 0 Å². The molecule has 3 nitrogen and oxygen atoms in total. The Balaban J connectivity index is 1.65. The van der Waals surface area contributed by atoms with Crippen molar-refractivity contribution in [2.75, 3.05) is 18.4 Å². The van der Waals surface area contributed by atoms with E-state index in [0.29, 0.717) is 17.3 Å². The summed E-state index contributed by atoms with van der Waals surface area (Å²) in [4.78, 5) is 11.9. The van der Waals surface area contributed by atoms with Crippen molar-refractivity contribution in [3.63, 3.8) is 0 Å². The number of carbonyl (C=O) groups is 1. The van der Waals surface area contributed by atoms with Gasteiger partial charge in [-0.1, -0.05) is 49.9 Å². The fraction of sp³-hybridized carbons (Fsp3) is 0.588. The number of carbonyl (C=O) groups excluding carboxylic acids is 1. The second-order valence-electron chi connectivity index (χ2n) is 5.95. The molecule has 0 unspecified atom stereocenters. The average molecular weight is 309 g/mol. The summed E-state index contributed by atoms with van der Waals surface area (Å²) in [5, 5.41) is 6.68. The highest BCUT2D eigenvalue weighted by Gasteiger charge is 2.19. The highest BCUT2D eigenvalue weighted by Crippen LogP contribution is 2.30. The molecule has 0 aliphatic heterocycles. The lowest BCUT2D eigenvalue weighted by atomic mass is 9.81. The summed E-state index contributed by atoms with van der Waals surface area (Å²) in [5.74, 6) is 1.61.